The number of ether oxygens (including phenoxy) is 2. The van der Waals surface area contributed by atoms with Crippen molar-refractivity contribution in [3.05, 3.63) is 27.8 Å². The van der Waals surface area contributed by atoms with Crippen LogP contribution in [-0.4, -0.2) is 19.0 Å². The molecule has 1 unspecified atom stereocenters. The molecule has 1 spiro atoms. The van der Waals surface area contributed by atoms with Crippen molar-refractivity contribution in [3.63, 3.8) is 0 Å². The third-order valence-corrected chi connectivity index (χ3v) is 8.79. The van der Waals surface area contributed by atoms with Crippen LogP contribution in [0.5, 0.6) is 0 Å². The standard InChI is InChI=1S/C21H30O3Si/c1-20(2)23-19-16-15-12(8-6-10-14(15)22)18(25(3,4)5)13-9-7-11-21(19,24-20)17(13)16/h14,19,22H,6-11H2,1-5H3/t14?,19-,21+/m0/s1. The third-order valence-electron chi connectivity index (χ3n) is 6.69. The van der Waals surface area contributed by atoms with Crippen LogP contribution in [0.1, 0.15) is 79.6 Å². The van der Waals surface area contributed by atoms with Crippen LogP contribution in [0.3, 0.4) is 0 Å². The topological polar surface area (TPSA) is 38.7 Å². The molecule has 1 fully saturated rings. The van der Waals surface area contributed by atoms with E-state index >= 15 is 0 Å². The Bertz CT molecular complexity index is 777. The lowest BCUT2D eigenvalue weighted by Crippen LogP contribution is -2.54. The summed E-state index contributed by atoms with van der Waals surface area (Å²) in [6, 6.07) is 0. The maximum atomic E-state index is 10.9. The molecule has 0 aromatic heterocycles. The highest BCUT2D eigenvalue weighted by Crippen LogP contribution is 2.67. The smallest absolute Gasteiger partial charge is 0.165 e. The summed E-state index contributed by atoms with van der Waals surface area (Å²) in [5.74, 6) is -0.538. The maximum absolute atomic E-state index is 10.9. The Labute approximate surface area is 151 Å². The van der Waals surface area contributed by atoms with Crippen molar-refractivity contribution < 1.29 is 14.6 Å². The molecule has 0 amide bonds. The zero-order valence-electron chi connectivity index (χ0n) is 16.2. The highest BCUT2D eigenvalue weighted by atomic mass is 28.3. The van der Waals surface area contributed by atoms with Gasteiger partial charge in [0.1, 0.15) is 11.7 Å². The first-order chi connectivity index (χ1) is 11.7. The summed E-state index contributed by atoms with van der Waals surface area (Å²) < 4.78 is 12.9. The summed E-state index contributed by atoms with van der Waals surface area (Å²) in [6.45, 7) is 11.5. The van der Waals surface area contributed by atoms with Gasteiger partial charge in [0.05, 0.1) is 14.2 Å². The van der Waals surface area contributed by atoms with E-state index in [0.29, 0.717) is 0 Å². The van der Waals surface area contributed by atoms with Crippen LogP contribution >= 0.6 is 0 Å². The zero-order valence-corrected chi connectivity index (χ0v) is 17.2. The molecule has 0 bridgehead atoms. The highest BCUT2D eigenvalue weighted by molar-refractivity contribution is 6.89. The number of rotatable bonds is 1. The molecule has 3 aliphatic carbocycles. The van der Waals surface area contributed by atoms with Gasteiger partial charge >= 0.3 is 0 Å². The molecule has 0 radical (unpaired) electrons. The number of aliphatic hydroxyl groups is 1. The minimum Gasteiger partial charge on any atom is -0.388 e. The molecule has 1 N–H and O–H groups in total. The minimum absolute atomic E-state index is 0.0220. The Morgan fingerprint density at radius 3 is 2.48 bits per heavy atom. The minimum atomic E-state index is -1.51. The second-order valence-corrected chi connectivity index (χ2v) is 14.9. The summed E-state index contributed by atoms with van der Waals surface area (Å²) in [5, 5.41) is 12.6. The van der Waals surface area contributed by atoms with Gasteiger partial charge in [-0.05, 0) is 80.2 Å². The molecule has 5 rings (SSSR count). The monoisotopic (exact) mass is 358 g/mol. The maximum Gasteiger partial charge on any atom is 0.165 e. The number of aliphatic hydroxyl groups excluding tert-OH is 1. The lowest BCUT2D eigenvalue weighted by atomic mass is 9.59. The Morgan fingerprint density at radius 1 is 1.04 bits per heavy atom. The lowest BCUT2D eigenvalue weighted by Gasteiger charge is -2.52. The van der Waals surface area contributed by atoms with Crippen molar-refractivity contribution in [3.8, 4) is 0 Å². The molecule has 3 nitrogen and oxygen atoms in total. The van der Waals surface area contributed by atoms with Gasteiger partial charge in [0, 0.05) is 0 Å². The van der Waals surface area contributed by atoms with Gasteiger partial charge in [-0.2, -0.15) is 0 Å². The van der Waals surface area contributed by atoms with Crippen molar-refractivity contribution >= 4 is 13.3 Å². The Hall–Kier alpha value is -0.683. The van der Waals surface area contributed by atoms with E-state index in [1.165, 1.54) is 35.1 Å². The van der Waals surface area contributed by atoms with E-state index in [1.807, 2.05) is 13.8 Å². The average Bonchev–Trinajstić information content (AvgIpc) is 2.69. The molecule has 1 aliphatic heterocycles. The van der Waals surface area contributed by atoms with Gasteiger partial charge in [-0.1, -0.05) is 24.8 Å². The lowest BCUT2D eigenvalue weighted by molar-refractivity contribution is -0.165. The molecule has 4 heteroatoms. The van der Waals surface area contributed by atoms with Crippen molar-refractivity contribution in [2.45, 2.75) is 95.6 Å². The third kappa shape index (κ3) is 1.97. The molecular weight excluding hydrogens is 328 g/mol. The second-order valence-electron chi connectivity index (χ2n) is 9.94. The summed E-state index contributed by atoms with van der Waals surface area (Å²) in [6.07, 6.45) is 6.21. The highest BCUT2D eigenvalue weighted by Gasteiger charge is 2.66. The first-order valence-corrected chi connectivity index (χ1v) is 13.4. The molecule has 1 aromatic carbocycles. The van der Waals surface area contributed by atoms with Gasteiger partial charge in [-0.15, -0.1) is 0 Å². The normalized spacial score (nSPS) is 34.8. The fraction of sp³-hybridized carbons (Fsp3) is 0.714. The fourth-order valence-electron chi connectivity index (χ4n) is 6.20. The van der Waals surface area contributed by atoms with Crippen molar-refractivity contribution in [1.29, 1.82) is 0 Å². The van der Waals surface area contributed by atoms with E-state index in [4.69, 9.17) is 9.47 Å². The van der Waals surface area contributed by atoms with Gasteiger partial charge in [0.25, 0.3) is 0 Å². The molecule has 1 saturated heterocycles. The van der Waals surface area contributed by atoms with Gasteiger partial charge < -0.3 is 14.6 Å². The average molecular weight is 359 g/mol. The summed E-state index contributed by atoms with van der Waals surface area (Å²) in [4.78, 5) is 0. The van der Waals surface area contributed by atoms with Crippen LogP contribution in [0.2, 0.25) is 19.6 Å². The van der Waals surface area contributed by atoms with E-state index in [-0.39, 0.29) is 17.8 Å². The van der Waals surface area contributed by atoms with Crippen molar-refractivity contribution in [2.24, 2.45) is 0 Å². The van der Waals surface area contributed by atoms with Crippen LogP contribution in [0, 0.1) is 0 Å². The van der Waals surface area contributed by atoms with E-state index in [0.717, 1.165) is 25.7 Å². The summed E-state index contributed by atoms with van der Waals surface area (Å²) in [5.41, 5.74) is 6.77. The summed E-state index contributed by atoms with van der Waals surface area (Å²) in [7, 11) is -1.51. The van der Waals surface area contributed by atoms with Gasteiger partial charge in [0.15, 0.2) is 5.79 Å². The molecule has 25 heavy (non-hydrogen) atoms. The molecule has 1 heterocycles. The number of benzene rings is 1. The largest absolute Gasteiger partial charge is 0.388 e. The van der Waals surface area contributed by atoms with Crippen LogP contribution < -0.4 is 5.19 Å². The molecule has 1 aromatic rings. The van der Waals surface area contributed by atoms with Crippen molar-refractivity contribution in [2.75, 3.05) is 0 Å². The summed E-state index contributed by atoms with van der Waals surface area (Å²) >= 11 is 0. The van der Waals surface area contributed by atoms with Crippen LogP contribution in [0.15, 0.2) is 0 Å². The zero-order chi connectivity index (χ0) is 17.8. The molecular formula is C21H30O3Si. The molecule has 3 atom stereocenters. The number of hydrogen-bond donors (Lipinski definition) is 1. The Kier molecular flexibility index (Phi) is 3.15. The predicted molar refractivity (Wildman–Crippen MR) is 101 cm³/mol. The van der Waals surface area contributed by atoms with E-state index in [1.54, 1.807) is 10.8 Å². The quantitative estimate of drug-likeness (QED) is 0.772. The fourth-order valence-corrected chi connectivity index (χ4v) is 8.52. The predicted octanol–water partition coefficient (Wildman–Crippen LogP) is 3.97. The number of hydrogen-bond acceptors (Lipinski definition) is 3. The van der Waals surface area contributed by atoms with Gasteiger partial charge in [0.2, 0.25) is 0 Å². The Balaban J connectivity index is 1.85. The number of fused-ring (bicyclic) bond motifs is 3. The van der Waals surface area contributed by atoms with E-state index < -0.39 is 13.9 Å². The van der Waals surface area contributed by atoms with Gasteiger partial charge in [-0.3, -0.25) is 0 Å². The molecule has 136 valence electrons. The Morgan fingerprint density at radius 2 is 1.76 bits per heavy atom. The molecule has 0 saturated carbocycles. The van der Waals surface area contributed by atoms with Crippen LogP contribution in [-0.2, 0) is 27.9 Å². The van der Waals surface area contributed by atoms with Crippen molar-refractivity contribution in [1.82, 2.24) is 0 Å². The second kappa shape index (κ2) is 4.77. The SMILES string of the molecule is CC1(C)O[C@H]2c3c4c(c([Si](C)(C)C)c5c3[C@@]2(CCC5)O1)CCCC4O. The van der Waals surface area contributed by atoms with Crippen LogP contribution in [0.4, 0.5) is 0 Å². The first kappa shape index (κ1) is 16.5. The van der Waals surface area contributed by atoms with Crippen LogP contribution in [0.25, 0.3) is 0 Å². The van der Waals surface area contributed by atoms with Gasteiger partial charge in [-0.25, -0.2) is 0 Å². The van der Waals surface area contributed by atoms with E-state index in [9.17, 15) is 5.11 Å². The first-order valence-electron chi connectivity index (χ1n) is 9.94. The van der Waals surface area contributed by atoms with E-state index in [2.05, 4.69) is 19.6 Å². The molecule has 4 aliphatic rings.